The molecule has 0 radical (unpaired) electrons. The molecule has 0 aromatic heterocycles. The first-order valence-corrected chi connectivity index (χ1v) is 6.63. The van der Waals surface area contributed by atoms with Gasteiger partial charge in [0.2, 0.25) is 0 Å². The number of hydrogen-bond donors (Lipinski definition) is 2. The van der Waals surface area contributed by atoms with Gasteiger partial charge in [0.05, 0.1) is 12.2 Å². The zero-order valence-corrected chi connectivity index (χ0v) is 11.3. The zero-order chi connectivity index (χ0) is 12.9. The summed E-state index contributed by atoms with van der Waals surface area (Å²) in [5.41, 5.74) is 0.428. The molecule has 2 nitrogen and oxygen atoms in total. The zero-order valence-electron chi connectivity index (χ0n) is 11.3. The molecule has 2 N–H and O–H groups in total. The summed E-state index contributed by atoms with van der Waals surface area (Å²) in [7, 11) is 0. The number of aliphatic hydroxyl groups is 2. The second kappa shape index (κ2) is 6.36. The lowest BCUT2D eigenvalue weighted by molar-refractivity contribution is 0.0333. The largest absolute Gasteiger partial charge is 0.392 e. The maximum Gasteiger partial charge on any atom is 0.0654 e. The highest BCUT2D eigenvalue weighted by molar-refractivity contribution is 5.07. The van der Waals surface area contributed by atoms with Gasteiger partial charge in [-0.25, -0.2) is 0 Å². The Morgan fingerprint density at radius 3 is 2.59 bits per heavy atom. The molecule has 0 saturated carbocycles. The Labute approximate surface area is 105 Å². The third-order valence-corrected chi connectivity index (χ3v) is 3.61. The highest BCUT2D eigenvalue weighted by Gasteiger charge is 2.24. The molecule has 98 valence electrons. The van der Waals surface area contributed by atoms with Crippen LogP contribution in [0.4, 0.5) is 0 Å². The second-order valence-electron chi connectivity index (χ2n) is 5.76. The third-order valence-electron chi connectivity index (χ3n) is 3.61. The minimum Gasteiger partial charge on any atom is -0.392 e. The second-order valence-corrected chi connectivity index (χ2v) is 5.76. The number of allylic oxidation sites excluding steroid dienone is 2. The summed E-state index contributed by atoms with van der Waals surface area (Å²) in [5.74, 6) is 0.701. The van der Waals surface area contributed by atoms with E-state index in [0.717, 1.165) is 31.3 Å². The van der Waals surface area contributed by atoms with Gasteiger partial charge in [0.15, 0.2) is 0 Å². The Morgan fingerprint density at radius 1 is 1.29 bits per heavy atom. The van der Waals surface area contributed by atoms with Gasteiger partial charge in [-0.05, 0) is 51.0 Å². The van der Waals surface area contributed by atoms with E-state index < -0.39 is 5.60 Å². The van der Waals surface area contributed by atoms with E-state index in [2.05, 4.69) is 25.2 Å². The van der Waals surface area contributed by atoms with Crippen LogP contribution in [0.15, 0.2) is 23.8 Å². The highest BCUT2D eigenvalue weighted by Crippen LogP contribution is 2.27. The average molecular weight is 238 g/mol. The fraction of sp³-hybridized carbons (Fsp3) is 0.733. The normalized spacial score (nSPS) is 32.6. The van der Waals surface area contributed by atoms with Gasteiger partial charge < -0.3 is 10.2 Å². The molecular weight excluding hydrogens is 212 g/mol. The van der Waals surface area contributed by atoms with E-state index in [1.807, 2.05) is 13.8 Å². The molecular formula is C15H26O2. The summed E-state index contributed by atoms with van der Waals surface area (Å²) < 4.78 is 0. The van der Waals surface area contributed by atoms with Crippen molar-refractivity contribution in [3.05, 3.63) is 23.8 Å². The molecule has 0 amide bonds. The molecule has 0 fully saturated rings. The van der Waals surface area contributed by atoms with Crippen LogP contribution in [0.1, 0.15) is 46.5 Å². The lowest BCUT2D eigenvalue weighted by Gasteiger charge is -2.28. The van der Waals surface area contributed by atoms with Gasteiger partial charge in [-0.15, -0.1) is 0 Å². The summed E-state index contributed by atoms with van der Waals surface area (Å²) in [6.07, 6.45) is 10.5. The summed E-state index contributed by atoms with van der Waals surface area (Å²) in [5, 5.41) is 19.4. The number of rotatable bonds is 2. The lowest BCUT2D eigenvalue weighted by atomic mass is 9.84. The third kappa shape index (κ3) is 5.05. The SMILES string of the molecule is C[C@@H]1/C=C/[C@H](C(C)(C)O)CC/C(CO)=C/CC1. The number of hydrogen-bond acceptors (Lipinski definition) is 2. The van der Waals surface area contributed by atoms with E-state index in [1.165, 1.54) is 0 Å². The van der Waals surface area contributed by atoms with Crippen LogP contribution in [-0.2, 0) is 0 Å². The van der Waals surface area contributed by atoms with Crippen molar-refractivity contribution in [3.8, 4) is 0 Å². The fourth-order valence-corrected chi connectivity index (χ4v) is 2.24. The smallest absolute Gasteiger partial charge is 0.0654 e. The molecule has 0 aromatic carbocycles. The average Bonchev–Trinajstić information content (AvgIpc) is 2.25. The Hall–Kier alpha value is -0.600. The molecule has 0 bridgehead atoms. The van der Waals surface area contributed by atoms with E-state index in [-0.39, 0.29) is 12.5 Å². The van der Waals surface area contributed by atoms with E-state index >= 15 is 0 Å². The van der Waals surface area contributed by atoms with Gasteiger partial charge >= 0.3 is 0 Å². The van der Waals surface area contributed by atoms with Gasteiger partial charge in [-0.1, -0.05) is 25.2 Å². The Morgan fingerprint density at radius 2 is 2.00 bits per heavy atom. The van der Waals surface area contributed by atoms with Crippen LogP contribution in [-0.4, -0.2) is 22.4 Å². The monoisotopic (exact) mass is 238 g/mol. The molecule has 0 aliphatic heterocycles. The molecule has 2 atom stereocenters. The topological polar surface area (TPSA) is 40.5 Å². The van der Waals surface area contributed by atoms with Gasteiger partial charge in [0.25, 0.3) is 0 Å². The lowest BCUT2D eigenvalue weighted by Crippen LogP contribution is -2.29. The minimum atomic E-state index is -0.685. The molecule has 0 aromatic rings. The van der Waals surface area contributed by atoms with E-state index in [9.17, 15) is 10.2 Å². The van der Waals surface area contributed by atoms with Crippen molar-refractivity contribution in [2.75, 3.05) is 6.61 Å². The van der Waals surface area contributed by atoms with Gasteiger partial charge in [0.1, 0.15) is 0 Å². The molecule has 2 heteroatoms. The molecule has 17 heavy (non-hydrogen) atoms. The fourth-order valence-electron chi connectivity index (χ4n) is 2.24. The van der Waals surface area contributed by atoms with Crippen LogP contribution in [0.5, 0.6) is 0 Å². The van der Waals surface area contributed by atoms with E-state index in [0.29, 0.717) is 5.92 Å². The first-order valence-electron chi connectivity index (χ1n) is 6.63. The van der Waals surface area contributed by atoms with Crippen LogP contribution in [0.25, 0.3) is 0 Å². The molecule has 1 aliphatic carbocycles. The Bertz CT molecular complexity index is 284. The van der Waals surface area contributed by atoms with Crippen molar-refractivity contribution in [3.63, 3.8) is 0 Å². The molecule has 1 aliphatic rings. The van der Waals surface area contributed by atoms with Crippen LogP contribution >= 0.6 is 0 Å². The van der Waals surface area contributed by atoms with Crippen LogP contribution < -0.4 is 0 Å². The highest BCUT2D eigenvalue weighted by atomic mass is 16.3. The van der Waals surface area contributed by atoms with E-state index in [4.69, 9.17) is 0 Å². The van der Waals surface area contributed by atoms with Gasteiger partial charge in [0, 0.05) is 5.92 Å². The predicted octanol–water partition coefficient (Wildman–Crippen LogP) is 3.06. The minimum absolute atomic E-state index is 0.149. The summed E-state index contributed by atoms with van der Waals surface area (Å²) in [6, 6.07) is 0. The molecule has 0 spiro atoms. The standard InChI is InChI=1S/C15H26O2/c1-12-5-4-6-13(11-16)8-10-14(9-7-12)15(2,3)17/h6-7,9,12,14,16-17H,4-5,8,10-11H2,1-3H3/b9-7+,13-6-/t12-,14-/m0/s1. The van der Waals surface area contributed by atoms with Crippen LogP contribution in [0, 0.1) is 11.8 Å². The first kappa shape index (κ1) is 14.5. The quantitative estimate of drug-likeness (QED) is 0.726. The van der Waals surface area contributed by atoms with Gasteiger partial charge in [-0.2, -0.15) is 0 Å². The summed E-state index contributed by atoms with van der Waals surface area (Å²) >= 11 is 0. The first-order chi connectivity index (χ1) is 7.93. The Kier molecular flexibility index (Phi) is 5.41. The van der Waals surface area contributed by atoms with Crippen molar-refractivity contribution in [1.82, 2.24) is 0 Å². The van der Waals surface area contributed by atoms with Crippen molar-refractivity contribution in [2.45, 2.75) is 52.1 Å². The molecule has 0 saturated heterocycles. The maximum atomic E-state index is 10.1. The van der Waals surface area contributed by atoms with E-state index in [1.54, 1.807) is 0 Å². The summed E-state index contributed by atoms with van der Waals surface area (Å²) in [4.78, 5) is 0. The summed E-state index contributed by atoms with van der Waals surface area (Å²) in [6.45, 7) is 6.07. The predicted molar refractivity (Wildman–Crippen MR) is 71.7 cm³/mol. The number of aliphatic hydroxyl groups excluding tert-OH is 1. The Balaban J connectivity index is 2.78. The van der Waals surface area contributed by atoms with Gasteiger partial charge in [-0.3, -0.25) is 0 Å². The molecule has 0 heterocycles. The van der Waals surface area contributed by atoms with Crippen molar-refractivity contribution < 1.29 is 10.2 Å². The molecule has 1 rings (SSSR count). The van der Waals surface area contributed by atoms with Crippen molar-refractivity contribution >= 4 is 0 Å². The van der Waals surface area contributed by atoms with Crippen molar-refractivity contribution in [1.29, 1.82) is 0 Å². The maximum absolute atomic E-state index is 10.1. The van der Waals surface area contributed by atoms with Crippen LogP contribution in [0.2, 0.25) is 0 Å². The molecule has 0 unspecified atom stereocenters. The van der Waals surface area contributed by atoms with Crippen molar-refractivity contribution in [2.24, 2.45) is 11.8 Å². The van der Waals surface area contributed by atoms with Crippen LogP contribution in [0.3, 0.4) is 0 Å².